The van der Waals surface area contributed by atoms with Gasteiger partial charge in [-0.15, -0.1) is 0 Å². The largest absolute Gasteiger partial charge is 0.435 e. The van der Waals surface area contributed by atoms with Crippen LogP contribution in [-0.4, -0.2) is 9.55 Å². The highest BCUT2D eigenvalue weighted by atomic mass is 16.3. The molecule has 0 unspecified atom stereocenters. The molecule has 4 nitrogen and oxygen atoms in total. The molecular formula is C41H27N3O. The van der Waals surface area contributed by atoms with Gasteiger partial charge in [-0.2, -0.15) is 0 Å². The second-order valence-electron chi connectivity index (χ2n) is 11.2. The summed E-state index contributed by atoms with van der Waals surface area (Å²) in [6.07, 6.45) is 0. The third-order valence-electron chi connectivity index (χ3n) is 8.59. The van der Waals surface area contributed by atoms with Crippen molar-refractivity contribution in [3.8, 4) is 17.1 Å². The van der Waals surface area contributed by atoms with E-state index in [1.165, 1.54) is 21.8 Å². The molecule has 4 heteroatoms. The number of para-hydroxylation sites is 3. The van der Waals surface area contributed by atoms with Crippen LogP contribution in [0.2, 0.25) is 0 Å². The minimum absolute atomic E-state index is 0.609. The second kappa shape index (κ2) is 10.2. The van der Waals surface area contributed by atoms with Crippen LogP contribution in [-0.2, 0) is 0 Å². The van der Waals surface area contributed by atoms with Gasteiger partial charge in [0.25, 0.3) is 0 Å². The molecule has 0 atom stereocenters. The quantitative estimate of drug-likeness (QED) is 0.204. The predicted molar refractivity (Wildman–Crippen MR) is 186 cm³/mol. The van der Waals surface area contributed by atoms with Crippen LogP contribution in [0.25, 0.3) is 60.8 Å². The number of nitrogens with zero attached hydrogens (tertiary/aromatic N) is 3. The van der Waals surface area contributed by atoms with Crippen molar-refractivity contribution in [3.05, 3.63) is 164 Å². The Morgan fingerprint density at radius 1 is 0.511 bits per heavy atom. The fraction of sp³-hybridized carbons (Fsp3) is 0. The zero-order chi connectivity index (χ0) is 29.7. The van der Waals surface area contributed by atoms with E-state index >= 15 is 0 Å². The smallest absolute Gasteiger partial charge is 0.227 e. The van der Waals surface area contributed by atoms with E-state index in [0.717, 1.165) is 50.2 Å². The Morgan fingerprint density at radius 3 is 1.76 bits per heavy atom. The molecule has 7 aromatic carbocycles. The van der Waals surface area contributed by atoms with E-state index in [0.29, 0.717) is 5.89 Å². The number of hydrogen-bond donors (Lipinski definition) is 0. The molecule has 2 aromatic heterocycles. The SMILES string of the molecule is c1ccc(-c2nc3c(N(c4ccccc4)c4ccc(-n5c6ccccc6c6ccccc65)cc4)cc4ccccc4c3o2)cc1. The molecule has 0 aliphatic rings. The summed E-state index contributed by atoms with van der Waals surface area (Å²) < 4.78 is 8.89. The molecule has 0 bridgehead atoms. The lowest BCUT2D eigenvalue weighted by atomic mass is 10.1. The standard InChI is InChI=1S/C41H27N3O/c1-3-13-28(14-4-1)41-42-39-38(27-29-15-7-8-18-33(29)40(39)45-41)43(30-16-5-2-6-17-30)31-23-25-32(26-24-31)44-36-21-11-9-19-34(36)35-20-10-12-22-37(35)44/h1-27H. The molecule has 0 aliphatic carbocycles. The Labute approximate surface area is 260 Å². The molecule has 0 amide bonds. The molecule has 0 fully saturated rings. The van der Waals surface area contributed by atoms with Crippen LogP contribution in [0.5, 0.6) is 0 Å². The molecule has 0 N–H and O–H groups in total. The van der Waals surface area contributed by atoms with Crippen molar-refractivity contribution in [2.45, 2.75) is 0 Å². The highest BCUT2D eigenvalue weighted by Crippen LogP contribution is 2.43. The molecule has 0 aliphatic heterocycles. The van der Waals surface area contributed by atoms with Gasteiger partial charge >= 0.3 is 0 Å². The number of oxazole rings is 1. The number of benzene rings is 7. The van der Waals surface area contributed by atoms with Crippen molar-refractivity contribution < 1.29 is 4.42 Å². The van der Waals surface area contributed by atoms with Gasteiger partial charge in [-0.3, -0.25) is 0 Å². The Bertz CT molecular complexity index is 2420. The molecule has 45 heavy (non-hydrogen) atoms. The summed E-state index contributed by atoms with van der Waals surface area (Å²) in [6.45, 7) is 0. The first-order valence-corrected chi connectivity index (χ1v) is 15.1. The van der Waals surface area contributed by atoms with Crippen LogP contribution < -0.4 is 4.90 Å². The minimum atomic E-state index is 0.609. The summed E-state index contributed by atoms with van der Waals surface area (Å²) in [5, 5.41) is 4.64. The highest BCUT2D eigenvalue weighted by molar-refractivity contribution is 6.11. The van der Waals surface area contributed by atoms with Crippen molar-refractivity contribution in [2.75, 3.05) is 4.90 Å². The molecule has 0 saturated carbocycles. The molecule has 2 heterocycles. The van der Waals surface area contributed by atoms with Gasteiger partial charge in [0, 0.05) is 38.8 Å². The van der Waals surface area contributed by atoms with E-state index in [9.17, 15) is 0 Å². The summed E-state index contributed by atoms with van der Waals surface area (Å²) in [5.41, 5.74) is 9.09. The first-order chi connectivity index (χ1) is 22.3. The van der Waals surface area contributed by atoms with Gasteiger partial charge in [0.05, 0.1) is 16.7 Å². The Kier molecular flexibility index (Phi) is 5.78. The first-order valence-electron chi connectivity index (χ1n) is 15.1. The van der Waals surface area contributed by atoms with Crippen molar-refractivity contribution in [1.82, 2.24) is 9.55 Å². The molecule has 9 rings (SSSR count). The van der Waals surface area contributed by atoms with Crippen LogP contribution >= 0.6 is 0 Å². The average Bonchev–Trinajstić information content (AvgIpc) is 3.71. The van der Waals surface area contributed by atoms with Crippen LogP contribution in [0.1, 0.15) is 0 Å². The van der Waals surface area contributed by atoms with E-state index in [-0.39, 0.29) is 0 Å². The summed E-state index contributed by atoms with van der Waals surface area (Å²) in [7, 11) is 0. The molecule has 0 spiro atoms. The number of fused-ring (bicyclic) bond motifs is 6. The molecule has 0 saturated heterocycles. The maximum Gasteiger partial charge on any atom is 0.227 e. The maximum atomic E-state index is 6.54. The number of rotatable bonds is 5. The van der Waals surface area contributed by atoms with Crippen LogP contribution in [0.15, 0.2) is 168 Å². The fourth-order valence-corrected chi connectivity index (χ4v) is 6.55. The topological polar surface area (TPSA) is 34.2 Å². The van der Waals surface area contributed by atoms with Gasteiger partial charge < -0.3 is 13.9 Å². The average molecular weight is 578 g/mol. The molecular weight excluding hydrogens is 550 g/mol. The van der Waals surface area contributed by atoms with Crippen LogP contribution in [0.3, 0.4) is 0 Å². The molecule has 9 aromatic rings. The summed E-state index contributed by atoms with van der Waals surface area (Å²) >= 11 is 0. The Balaban J connectivity index is 1.26. The Morgan fingerprint density at radius 2 is 1.07 bits per heavy atom. The lowest BCUT2D eigenvalue weighted by molar-refractivity contribution is 0.623. The monoisotopic (exact) mass is 577 g/mol. The third-order valence-corrected chi connectivity index (χ3v) is 8.59. The van der Waals surface area contributed by atoms with E-state index < -0.39 is 0 Å². The number of aromatic nitrogens is 2. The van der Waals surface area contributed by atoms with Gasteiger partial charge in [0.15, 0.2) is 5.58 Å². The van der Waals surface area contributed by atoms with E-state index in [2.05, 4.69) is 137 Å². The van der Waals surface area contributed by atoms with Gasteiger partial charge in [-0.1, -0.05) is 97.1 Å². The van der Waals surface area contributed by atoms with E-state index in [1.807, 2.05) is 36.4 Å². The lowest BCUT2D eigenvalue weighted by Gasteiger charge is -2.26. The Hall–Kier alpha value is -6.13. The predicted octanol–water partition coefficient (Wildman–Crippen LogP) is 11.2. The minimum Gasteiger partial charge on any atom is -0.435 e. The van der Waals surface area contributed by atoms with Crippen LogP contribution in [0, 0.1) is 0 Å². The summed E-state index contributed by atoms with van der Waals surface area (Å²) in [5.74, 6) is 0.609. The van der Waals surface area contributed by atoms with Gasteiger partial charge in [-0.25, -0.2) is 4.98 Å². The normalized spacial score (nSPS) is 11.6. The van der Waals surface area contributed by atoms with Crippen molar-refractivity contribution in [2.24, 2.45) is 0 Å². The molecule has 212 valence electrons. The lowest BCUT2D eigenvalue weighted by Crippen LogP contribution is -2.10. The summed E-state index contributed by atoms with van der Waals surface area (Å²) in [6, 6.07) is 57.2. The number of anilines is 3. The van der Waals surface area contributed by atoms with E-state index in [1.54, 1.807) is 0 Å². The van der Waals surface area contributed by atoms with E-state index in [4.69, 9.17) is 9.40 Å². The maximum absolute atomic E-state index is 6.54. The van der Waals surface area contributed by atoms with Crippen molar-refractivity contribution in [1.29, 1.82) is 0 Å². The fourth-order valence-electron chi connectivity index (χ4n) is 6.55. The van der Waals surface area contributed by atoms with Crippen molar-refractivity contribution in [3.63, 3.8) is 0 Å². The summed E-state index contributed by atoms with van der Waals surface area (Å²) in [4.78, 5) is 7.40. The van der Waals surface area contributed by atoms with Crippen LogP contribution in [0.4, 0.5) is 17.1 Å². The highest BCUT2D eigenvalue weighted by Gasteiger charge is 2.22. The number of hydrogen-bond acceptors (Lipinski definition) is 3. The molecule has 0 radical (unpaired) electrons. The van der Waals surface area contributed by atoms with Gasteiger partial charge in [0.2, 0.25) is 5.89 Å². The first kappa shape index (κ1) is 25.4. The second-order valence-corrected chi connectivity index (χ2v) is 11.2. The zero-order valence-corrected chi connectivity index (χ0v) is 24.3. The third kappa shape index (κ3) is 4.11. The van der Waals surface area contributed by atoms with Gasteiger partial charge in [0.1, 0.15) is 5.52 Å². The zero-order valence-electron chi connectivity index (χ0n) is 24.3. The van der Waals surface area contributed by atoms with Gasteiger partial charge in [-0.05, 0) is 72.1 Å². The van der Waals surface area contributed by atoms with Crippen molar-refractivity contribution >= 4 is 60.7 Å².